The summed E-state index contributed by atoms with van der Waals surface area (Å²) in [5.41, 5.74) is -4.62. The summed E-state index contributed by atoms with van der Waals surface area (Å²) in [6.07, 6.45) is 2.41. The van der Waals surface area contributed by atoms with Crippen molar-refractivity contribution >= 4 is 23.7 Å². The predicted octanol–water partition coefficient (Wildman–Crippen LogP) is 1.01. The van der Waals surface area contributed by atoms with Gasteiger partial charge in [-0.2, -0.15) is 0 Å². The van der Waals surface area contributed by atoms with Crippen molar-refractivity contribution in [3.8, 4) is 0 Å². The van der Waals surface area contributed by atoms with Gasteiger partial charge in [0.15, 0.2) is 11.4 Å². The number of aliphatic hydroxyl groups is 2. The average Bonchev–Trinajstić information content (AvgIpc) is 3.02. The second-order valence-corrected chi connectivity index (χ2v) is 10.9. The fraction of sp³-hybridized carbons (Fsp3) is 0.680. The Bertz CT molecular complexity index is 1090. The van der Waals surface area contributed by atoms with Crippen molar-refractivity contribution in [2.75, 3.05) is 6.61 Å². The van der Waals surface area contributed by atoms with Crippen molar-refractivity contribution in [3.05, 3.63) is 23.3 Å². The molecule has 9 atom stereocenters. The van der Waals surface area contributed by atoms with E-state index < -0.39 is 75.7 Å². The molecule has 34 heavy (non-hydrogen) atoms. The number of esters is 3. The second-order valence-electron chi connectivity index (χ2n) is 10.9. The molecule has 1 aliphatic heterocycles. The van der Waals surface area contributed by atoms with Crippen LogP contribution in [0.15, 0.2) is 23.3 Å². The van der Waals surface area contributed by atoms with Crippen LogP contribution in [0.25, 0.3) is 0 Å². The van der Waals surface area contributed by atoms with Gasteiger partial charge in [-0.3, -0.25) is 19.2 Å². The monoisotopic (exact) mass is 474 g/mol. The molecular formula is C25H30O9. The number of carbonyl (C=O) groups is 4. The Kier molecular flexibility index (Phi) is 4.64. The molecule has 9 nitrogen and oxygen atoms in total. The number of ketones is 1. The summed E-state index contributed by atoms with van der Waals surface area (Å²) in [5.74, 6) is -4.82. The molecule has 0 aromatic carbocycles. The zero-order valence-electron chi connectivity index (χ0n) is 19.9. The number of fused-ring (bicyclic) bond motifs is 5. The maximum absolute atomic E-state index is 13.2. The van der Waals surface area contributed by atoms with Gasteiger partial charge >= 0.3 is 17.9 Å². The maximum atomic E-state index is 13.2. The molecule has 1 saturated heterocycles. The zero-order valence-corrected chi connectivity index (χ0v) is 19.9. The number of hydrogen-bond acceptors (Lipinski definition) is 9. The normalized spacial score (nSPS) is 48.3. The highest BCUT2D eigenvalue weighted by Gasteiger charge is 2.91. The zero-order chi connectivity index (χ0) is 25.0. The average molecular weight is 475 g/mol. The highest BCUT2D eigenvalue weighted by atomic mass is 16.6. The molecule has 2 N–H and O–H groups in total. The van der Waals surface area contributed by atoms with Gasteiger partial charge in [-0.15, -0.1) is 0 Å². The first-order valence-electron chi connectivity index (χ1n) is 11.6. The Morgan fingerprint density at radius 2 is 1.82 bits per heavy atom. The van der Waals surface area contributed by atoms with Gasteiger partial charge in [-0.25, -0.2) is 0 Å². The molecule has 2 saturated carbocycles. The Morgan fingerprint density at radius 1 is 1.15 bits per heavy atom. The van der Waals surface area contributed by atoms with E-state index in [-0.39, 0.29) is 19.4 Å². The molecule has 0 radical (unpaired) electrons. The van der Waals surface area contributed by atoms with Gasteiger partial charge < -0.3 is 24.4 Å². The van der Waals surface area contributed by atoms with Crippen LogP contribution in [-0.4, -0.2) is 63.4 Å². The van der Waals surface area contributed by atoms with Crippen molar-refractivity contribution in [3.63, 3.8) is 0 Å². The summed E-state index contributed by atoms with van der Waals surface area (Å²) < 4.78 is 16.8. The van der Waals surface area contributed by atoms with Crippen molar-refractivity contribution in [2.24, 2.45) is 29.1 Å². The first-order valence-corrected chi connectivity index (χ1v) is 11.6. The highest BCUT2D eigenvalue weighted by Crippen LogP contribution is 2.80. The largest absolute Gasteiger partial charge is 0.461 e. The SMILES string of the molecule is CC(=O)OCC1=C[C@H]2C3[C@]4(C)CC(=O)O[C@@]34[C@H](OC(C)=O)[C@@H](C)[C@]2(O)C2C=C(C)C(=O)[C@@]2(O)C1. The number of rotatable bonds is 3. The van der Waals surface area contributed by atoms with Crippen LogP contribution < -0.4 is 0 Å². The molecule has 184 valence electrons. The molecule has 0 aromatic heterocycles. The van der Waals surface area contributed by atoms with Crippen LogP contribution in [0.3, 0.4) is 0 Å². The van der Waals surface area contributed by atoms with Crippen LogP contribution >= 0.6 is 0 Å². The fourth-order valence-corrected chi connectivity index (χ4v) is 7.76. The minimum atomic E-state index is -1.94. The molecule has 9 heteroatoms. The quantitative estimate of drug-likeness (QED) is 0.349. The first kappa shape index (κ1) is 23.2. The van der Waals surface area contributed by atoms with Crippen LogP contribution in [-0.2, 0) is 33.4 Å². The Balaban J connectivity index is 1.71. The van der Waals surface area contributed by atoms with Gasteiger partial charge in [-0.05, 0) is 18.1 Å². The molecule has 5 rings (SSSR count). The standard InChI is InChI=1S/C25H30O9/c1-11-6-17-23(30,20(11)29)8-15(10-32-13(3)26)7-16-19-22(5)9-18(28)34-25(19,22)21(33-14(4)27)12(2)24(16,17)31/h6-7,12,16-17,19,21,30-31H,8-10H2,1-5H3/t12-,16+,17?,19?,21-,22+,23-,24-,25-/m1/s1. The van der Waals surface area contributed by atoms with Crippen molar-refractivity contribution < 1.29 is 43.6 Å². The molecule has 0 amide bonds. The number of hydrogen-bond donors (Lipinski definition) is 2. The van der Waals surface area contributed by atoms with Crippen LogP contribution in [0, 0.1) is 29.1 Å². The highest BCUT2D eigenvalue weighted by molar-refractivity contribution is 6.04. The van der Waals surface area contributed by atoms with E-state index in [1.807, 2.05) is 6.92 Å². The van der Waals surface area contributed by atoms with E-state index in [0.717, 1.165) is 0 Å². The van der Waals surface area contributed by atoms with Gasteiger partial charge in [0, 0.05) is 49.4 Å². The van der Waals surface area contributed by atoms with Crippen LogP contribution in [0.4, 0.5) is 0 Å². The van der Waals surface area contributed by atoms with Crippen LogP contribution in [0.2, 0.25) is 0 Å². The van der Waals surface area contributed by atoms with Gasteiger partial charge in [0.25, 0.3) is 0 Å². The number of carbonyl (C=O) groups excluding carboxylic acids is 4. The van der Waals surface area contributed by atoms with E-state index in [9.17, 15) is 29.4 Å². The molecule has 0 aromatic rings. The fourth-order valence-electron chi connectivity index (χ4n) is 7.76. The van der Waals surface area contributed by atoms with E-state index >= 15 is 0 Å². The minimum Gasteiger partial charge on any atom is -0.461 e. The summed E-state index contributed by atoms with van der Waals surface area (Å²) >= 11 is 0. The van der Waals surface area contributed by atoms with Crippen LogP contribution in [0.5, 0.6) is 0 Å². The second kappa shape index (κ2) is 6.79. The third-order valence-corrected chi connectivity index (χ3v) is 9.10. The molecule has 0 bridgehead atoms. The Labute approximate surface area is 197 Å². The maximum Gasteiger partial charge on any atom is 0.307 e. The molecule has 1 spiro atoms. The summed E-state index contributed by atoms with van der Waals surface area (Å²) in [4.78, 5) is 49.1. The lowest BCUT2D eigenvalue weighted by Gasteiger charge is -2.52. The lowest BCUT2D eigenvalue weighted by molar-refractivity contribution is -0.225. The van der Waals surface area contributed by atoms with E-state index in [2.05, 4.69) is 0 Å². The topological polar surface area (TPSA) is 136 Å². The molecule has 3 fully saturated rings. The smallest absolute Gasteiger partial charge is 0.307 e. The van der Waals surface area contributed by atoms with Gasteiger partial charge in [-0.1, -0.05) is 26.0 Å². The van der Waals surface area contributed by atoms with E-state index in [4.69, 9.17) is 14.2 Å². The summed E-state index contributed by atoms with van der Waals surface area (Å²) in [5, 5.41) is 24.2. The van der Waals surface area contributed by atoms with Crippen LogP contribution in [0.1, 0.15) is 47.5 Å². The van der Waals surface area contributed by atoms with E-state index in [1.165, 1.54) is 13.8 Å². The molecular weight excluding hydrogens is 444 g/mol. The number of ether oxygens (including phenoxy) is 3. The van der Waals surface area contributed by atoms with E-state index in [1.54, 1.807) is 26.0 Å². The summed E-state index contributed by atoms with van der Waals surface area (Å²) in [7, 11) is 0. The van der Waals surface area contributed by atoms with Crippen molar-refractivity contribution in [1.29, 1.82) is 0 Å². The third kappa shape index (κ3) is 2.57. The third-order valence-electron chi connectivity index (χ3n) is 9.10. The summed E-state index contributed by atoms with van der Waals surface area (Å²) in [6.45, 7) is 7.57. The minimum absolute atomic E-state index is 0.102. The van der Waals surface area contributed by atoms with Crippen molar-refractivity contribution in [2.45, 2.75) is 70.4 Å². The Hall–Kier alpha value is -2.52. The van der Waals surface area contributed by atoms with E-state index in [0.29, 0.717) is 11.1 Å². The molecule has 5 aliphatic rings. The molecule has 2 unspecified atom stereocenters. The van der Waals surface area contributed by atoms with Crippen molar-refractivity contribution in [1.82, 2.24) is 0 Å². The Morgan fingerprint density at radius 3 is 2.44 bits per heavy atom. The van der Waals surface area contributed by atoms with Gasteiger partial charge in [0.05, 0.1) is 12.0 Å². The lowest BCUT2D eigenvalue weighted by atomic mass is 9.59. The molecule has 4 aliphatic carbocycles. The molecule has 1 heterocycles. The van der Waals surface area contributed by atoms with Gasteiger partial charge in [0.2, 0.25) is 0 Å². The predicted molar refractivity (Wildman–Crippen MR) is 115 cm³/mol. The first-order chi connectivity index (χ1) is 15.7. The number of Topliss-reactive ketones (excluding diaryl/α,β-unsaturated/α-hetero) is 1. The lowest BCUT2D eigenvalue weighted by Crippen LogP contribution is -2.66. The van der Waals surface area contributed by atoms with Gasteiger partial charge in [0.1, 0.15) is 18.3 Å². The summed E-state index contributed by atoms with van der Waals surface area (Å²) in [6, 6.07) is 0.